The van der Waals surface area contributed by atoms with Crippen LogP contribution in [-0.4, -0.2) is 57.3 Å². The summed E-state index contributed by atoms with van der Waals surface area (Å²) in [5, 5.41) is 0. The first-order valence-corrected chi connectivity index (χ1v) is 3.04. The van der Waals surface area contributed by atoms with Gasteiger partial charge in [-0.15, -0.1) is 0 Å². The van der Waals surface area contributed by atoms with Gasteiger partial charge in [0.15, 0.2) is 0 Å². The summed E-state index contributed by atoms with van der Waals surface area (Å²) >= 11 is 0. The Morgan fingerprint density at radius 2 is 1.78 bits per heavy atom. The van der Waals surface area contributed by atoms with Gasteiger partial charge in [0.1, 0.15) is 0 Å². The van der Waals surface area contributed by atoms with E-state index in [1.54, 1.807) is 0 Å². The summed E-state index contributed by atoms with van der Waals surface area (Å²) in [4.78, 5) is 0. The zero-order valence-electron chi connectivity index (χ0n) is 3.79. The van der Waals surface area contributed by atoms with Crippen LogP contribution < -0.4 is 0 Å². The van der Waals surface area contributed by atoms with E-state index in [4.69, 9.17) is 4.55 Å². The molecule has 0 aromatic carbocycles. The molecule has 0 unspecified atom stereocenters. The minimum atomic E-state index is -4.17. The van der Waals surface area contributed by atoms with Gasteiger partial charge in [0.2, 0.25) is 0 Å². The third-order valence-electron chi connectivity index (χ3n) is 0.267. The van der Waals surface area contributed by atoms with Crippen LogP contribution in [0, 0.1) is 0 Å². The fraction of sp³-hybridized carbons (Fsp3) is 1.00. The second-order valence-corrected chi connectivity index (χ2v) is 1.93. The molecule has 0 spiro atoms. The Hall–Kier alpha value is 1.06. The first-order valence-electron chi connectivity index (χ1n) is 1.68. The Morgan fingerprint density at radius 1 is 1.44 bits per heavy atom. The van der Waals surface area contributed by atoms with Crippen LogP contribution in [0.5, 0.6) is 0 Å². The zero-order chi connectivity index (χ0) is 5.91. The van der Waals surface area contributed by atoms with Gasteiger partial charge in [0.25, 0.3) is 0 Å². The van der Waals surface area contributed by atoms with Crippen LogP contribution in [-0.2, 0) is 14.6 Å². The first kappa shape index (κ1) is 16.6. The molecule has 0 heterocycles. The van der Waals surface area contributed by atoms with Crippen molar-refractivity contribution >= 4 is 48.1 Å². The Bertz CT molecular complexity index is 130. The van der Waals surface area contributed by atoms with Crippen LogP contribution in [0.3, 0.4) is 0 Å². The predicted molar refractivity (Wildman–Crippen MR) is 37.5 cm³/mol. The van der Waals surface area contributed by atoms with Gasteiger partial charge in [0.05, 0.1) is 6.61 Å². The molecule has 0 aromatic heterocycles. The number of rotatable bonds is 2. The van der Waals surface area contributed by atoms with Crippen molar-refractivity contribution in [3.05, 3.63) is 0 Å². The quantitative estimate of drug-likeness (QED) is 0.377. The van der Waals surface area contributed by atoms with E-state index in [9.17, 15) is 8.42 Å². The third kappa shape index (κ3) is 17.6. The summed E-state index contributed by atoms with van der Waals surface area (Å²) in [6.45, 7) is 1.44. The van der Waals surface area contributed by atoms with E-state index in [0.717, 1.165) is 0 Å². The summed E-state index contributed by atoms with van der Waals surface area (Å²) in [6, 6.07) is 0. The summed E-state index contributed by atoms with van der Waals surface area (Å²) < 4.78 is 30.7. The van der Waals surface area contributed by atoms with Gasteiger partial charge in [0, 0.05) is 0 Å². The SMILES string of the molecule is CCOS(=O)(=O)O.[LiH].[LiH]. The third-order valence-corrected chi connectivity index (χ3v) is 0.800. The summed E-state index contributed by atoms with van der Waals surface area (Å²) in [7, 11) is -4.17. The van der Waals surface area contributed by atoms with Gasteiger partial charge >= 0.3 is 48.1 Å². The normalized spacial score (nSPS) is 9.11. The molecule has 7 heteroatoms. The molecule has 1 N–H and O–H groups in total. The molecule has 0 rings (SSSR count). The van der Waals surface area contributed by atoms with Gasteiger partial charge < -0.3 is 0 Å². The summed E-state index contributed by atoms with van der Waals surface area (Å²) in [5.74, 6) is 0. The molecular weight excluding hydrogens is 134 g/mol. The Labute approximate surface area is 78.7 Å². The van der Waals surface area contributed by atoms with Crippen LogP contribution in [0.15, 0.2) is 0 Å². The second kappa shape index (κ2) is 7.18. The molecule has 0 saturated carbocycles. The average Bonchev–Trinajstić information content (AvgIpc) is 1.30. The summed E-state index contributed by atoms with van der Waals surface area (Å²) in [6.07, 6.45) is 0. The van der Waals surface area contributed by atoms with E-state index in [2.05, 4.69) is 4.18 Å². The van der Waals surface area contributed by atoms with Crippen LogP contribution in [0.4, 0.5) is 0 Å². The van der Waals surface area contributed by atoms with E-state index in [1.165, 1.54) is 6.92 Å². The van der Waals surface area contributed by atoms with Crippen molar-refractivity contribution in [3.63, 3.8) is 0 Å². The van der Waals surface area contributed by atoms with E-state index in [0.29, 0.717) is 0 Å². The molecule has 48 valence electrons. The van der Waals surface area contributed by atoms with Crippen molar-refractivity contribution in [2.75, 3.05) is 6.61 Å². The van der Waals surface area contributed by atoms with Crippen molar-refractivity contribution in [2.24, 2.45) is 0 Å². The van der Waals surface area contributed by atoms with Gasteiger partial charge in [-0.1, -0.05) is 0 Å². The topological polar surface area (TPSA) is 63.6 Å². The first-order chi connectivity index (χ1) is 3.06. The Balaban J connectivity index is -0.000000180. The maximum atomic E-state index is 9.56. The second-order valence-electron chi connectivity index (χ2n) is 0.834. The minimum absolute atomic E-state index is 0. The molecule has 0 bridgehead atoms. The van der Waals surface area contributed by atoms with Crippen molar-refractivity contribution < 1.29 is 17.2 Å². The van der Waals surface area contributed by atoms with Crippen LogP contribution in [0.25, 0.3) is 0 Å². The Kier molecular flexibility index (Phi) is 13.2. The van der Waals surface area contributed by atoms with Gasteiger partial charge in [-0.2, -0.15) is 8.42 Å². The fourth-order valence-corrected chi connectivity index (χ4v) is 0.447. The van der Waals surface area contributed by atoms with Gasteiger partial charge in [-0.3, -0.25) is 4.55 Å². The number of hydrogen-bond donors (Lipinski definition) is 1. The zero-order valence-corrected chi connectivity index (χ0v) is 4.60. The van der Waals surface area contributed by atoms with Crippen LogP contribution in [0.1, 0.15) is 6.92 Å². The fourth-order valence-electron chi connectivity index (χ4n) is 0.149. The molecule has 4 nitrogen and oxygen atoms in total. The molecule has 9 heavy (non-hydrogen) atoms. The molecule has 0 aliphatic carbocycles. The Morgan fingerprint density at radius 3 is 1.78 bits per heavy atom. The van der Waals surface area contributed by atoms with Crippen LogP contribution >= 0.6 is 0 Å². The van der Waals surface area contributed by atoms with Crippen molar-refractivity contribution in [2.45, 2.75) is 6.92 Å². The predicted octanol–water partition coefficient (Wildman–Crippen LogP) is -1.47. The van der Waals surface area contributed by atoms with Crippen molar-refractivity contribution in [1.82, 2.24) is 0 Å². The van der Waals surface area contributed by atoms with Crippen molar-refractivity contribution in [3.8, 4) is 0 Å². The summed E-state index contributed by atoms with van der Waals surface area (Å²) in [5.41, 5.74) is 0. The van der Waals surface area contributed by atoms with E-state index in [1.807, 2.05) is 0 Å². The number of hydrogen-bond acceptors (Lipinski definition) is 3. The molecule has 0 aliphatic rings. The molecule has 0 aliphatic heterocycles. The molecule has 0 radical (unpaired) electrons. The van der Waals surface area contributed by atoms with E-state index >= 15 is 0 Å². The van der Waals surface area contributed by atoms with E-state index in [-0.39, 0.29) is 44.3 Å². The standard InChI is InChI=1S/C2H6O4S.2Li.2H/c1-2-6-7(3,4)5;;;;/h2H2,1H3,(H,3,4,5);;;;. The molecular formula is C2H8Li2O4S. The van der Waals surface area contributed by atoms with E-state index < -0.39 is 10.4 Å². The molecule has 0 amide bonds. The maximum absolute atomic E-state index is 9.56. The molecule has 0 atom stereocenters. The average molecular weight is 142 g/mol. The molecule has 0 saturated heterocycles. The van der Waals surface area contributed by atoms with Gasteiger partial charge in [-0.25, -0.2) is 4.18 Å². The molecule has 0 fully saturated rings. The monoisotopic (exact) mass is 142 g/mol. The molecule has 0 aromatic rings. The van der Waals surface area contributed by atoms with Crippen LogP contribution in [0.2, 0.25) is 0 Å². The van der Waals surface area contributed by atoms with Gasteiger partial charge in [-0.05, 0) is 6.92 Å². The van der Waals surface area contributed by atoms with Crippen molar-refractivity contribution in [1.29, 1.82) is 0 Å².